The fourth-order valence-corrected chi connectivity index (χ4v) is 2.42. The highest BCUT2D eigenvalue weighted by atomic mass is 16.5. The van der Waals surface area contributed by atoms with E-state index in [1.807, 2.05) is 23.8 Å². The molecule has 1 aliphatic rings. The van der Waals surface area contributed by atoms with E-state index in [0.29, 0.717) is 12.3 Å². The number of carbonyl (C=O) groups is 2. The topological polar surface area (TPSA) is 63.0 Å². The van der Waals surface area contributed by atoms with Crippen LogP contribution in [0.15, 0.2) is 16.5 Å². The molecule has 1 fully saturated rings. The minimum absolute atomic E-state index is 0.0880. The second kappa shape index (κ2) is 6.76. The largest absolute Gasteiger partial charge is 0.463 e. The molecule has 0 N–H and O–H groups in total. The Morgan fingerprint density at radius 3 is 2.67 bits per heavy atom. The maximum absolute atomic E-state index is 12.1. The summed E-state index contributed by atoms with van der Waals surface area (Å²) < 4.78 is 10.1. The summed E-state index contributed by atoms with van der Waals surface area (Å²) in [6.45, 7) is 4.00. The van der Waals surface area contributed by atoms with Gasteiger partial charge in [-0.3, -0.25) is 9.69 Å². The second-order valence-corrected chi connectivity index (χ2v) is 5.37. The number of ether oxygens (including phenoxy) is 1. The Balaban J connectivity index is 1.95. The number of nitrogens with zero attached hydrogens (tertiary/aromatic N) is 2. The number of hydrogen-bond donors (Lipinski definition) is 0. The Hall–Kier alpha value is -1.82. The van der Waals surface area contributed by atoms with E-state index in [4.69, 9.17) is 4.42 Å². The second-order valence-electron chi connectivity index (χ2n) is 5.37. The zero-order valence-electron chi connectivity index (χ0n) is 12.8. The van der Waals surface area contributed by atoms with Gasteiger partial charge in [-0.25, -0.2) is 4.79 Å². The van der Waals surface area contributed by atoms with E-state index in [0.717, 1.165) is 25.9 Å². The Morgan fingerprint density at radius 2 is 2.05 bits per heavy atom. The van der Waals surface area contributed by atoms with Gasteiger partial charge >= 0.3 is 5.97 Å². The summed E-state index contributed by atoms with van der Waals surface area (Å²) in [6.07, 6.45) is 2.18. The number of furan rings is 1. The fraction of sp³-hybridized carbons (Fsp3) is 0.600. The van der Waals surface area contributed by atoms with Crippen molar-refractivity contribution in [2.24, 2.45) is 0 Å². The van der Waals surface area contributed by atoms with Gasteiger partial charge in [0.25, 0.3) is 0 Å². The van der Waals surface area contributed by atoms with Gasteiger partial charge in [0.15, 0.2) is 0 Å². The average molecular weight is 294 g/mol. The summed E-state index contributed by atoms with van der Waals surface area (Å²) in [7, 11) is 3.19. The first kappa shape index (κ1) is 15.6. The van der Waals surface area contributed by atoms with Crippen LogP contribution in [0.1, 0.15) is 42.1 Å². The minimum atomic E-state index is -0.496. The third kappa shape index (κ3) is 3.64. The lowest BCUT2D eigenvalue weighted by Gasteiger charge is -2.25. The van der Waals surface area contributed by atoms with E-state index >= 15 is 0 Å². The number of hydrogen-bond acceptors (Lipinski definition) is 5. The Labute approximate surface area is 124 Å². The molecule has 6 heteroatoms. The van der Waals surface area contributed by atoms with Gasteiger partial charge in [0, 0.05) is 13.1 Å². The lowest BCUT2D eigenvalue weighted by Crippen LogP contribution is -2.38. The first-order valence-corrected chi connectivity index (χ1v) is 7.19. The van der Waals surface area contributed by atoms with Crippen LogP contribution in [-0.4, -0.2) is 55.5 Å². The van der Waals surface area contributed by atoms with E-state index in [1.165, 1.54) is 7.11 Å². The average Bonchev–Trinajstić information content (AvgIpc) is 3.16. The molecule has 21 heavy (non-hydrogen) atoms. The van der Waals surface area contributed by atoms with Crippen molar-refractivity contribution >= 4 is 11.9 Å². The Morgan fingerprint density at radius 1 is 1.38 bits per heavy atom. The summed E-state index contributed by atoms with van der Waals surface area (Å²) in [5, 5.41) is 0. The van der Waals surface area contributed by atoms with Gasteiger partial charge in [-0.15, -0.1) is 0 Å². The number of rotatable bonds is 5. The molecule has 2 rings (SSSR count). The molecule has 2 heterocycles. The van der Waals surface area contributed by atoms with Gasteiger partial charge in [-0.2, -0.15) is 0 Å². The van der Waals surface area contributed by atoms with E-state index < -0.39 is 5.97 Å². The number of likely N-dealkylation sites (N-methyl/N-ethyl adjacent to an activating group) is 1. The van der Waals surface area contributed by atoms with Crippen LogP contribution in [-0.2, 0) is 9.53 Å². The normalized spacial score (nSPS) is 16.3. The number of carbonyl (C=O) groups excluding carboxylic acids is 2. The van der Waals surface area contributed by atoms with Crippen LogP contribution in [0, 0.1) is 0 Å². The zero-order valence-corrected chi connectivity index (χ0v) is 12.8. The standard InChI is InChI=1S/C15H22N2O4/c1-11(12-6-7-13(21-12)15(19)20-3)16(2)10-14(18)17-8-4-5-9-17/h6-7,11H,4-5,8-10H2,1-3H3. The molecule has 0 bridgehead atoms. The number of methoxy groups -OCH3 is 1. The molecule has 0 radical (unpaired) electrons. The molecule has 6 nitrogen and oxygen atoms in total. The molecule has 1 aliphatic heterocycles. The van der Waals surface area contributed by atoms with E-state index in [1.54, 1.807) is 12.1 Å². The lowest BCUT2D eigenvalue weighted by atomic mass is 10.2. The molecule has 0 aromatic carbocycles. The van der Waals surface area contributed by atoms with Crippen molar-refractivity contribution < 1.29 is 18.7 Å². The maximum atomic E-state index is 12.1. The van der Waals surface area contributed by atoms with Crippen LogP contribution >= 0.6 is 0 Å². The first-order valence-electron chi connectivity index (χ1n) is 7.19. The minimum Gasteiger partial charge on any atom is -0.463 e. The van der Waals surface area contributed by atoms with Gasteiger partial charge in [-0.05, 0) is 38.9 Å². The number of esters is 1. The number of likely N-dealkylation sites (tertiary alicyclic amines) is 1. The van der Waals surface area contributed by atoms with Crippen molar-refractivity contribution in [1.29, 1.82) is 0 Å². The van der Waals surface area contributed by atoms with Crippen molar-refractivity contribution in [2.45, 2.75) is 25.8 Å². The monoisotopic (exact) mass is 294 g/mol. The molecule has 0 aliphatic carbocycles. The third-order valence-electron chi connectivity index (χ3n) is 3.93. The smallest absolute Gasteiger partial charge is 0.373 e. The molecule has 116 valence electrons. The molecule has 1 atom stereocenters. The molecular weight excluding hydrogens is 272 g/mol. The van der Waals surface area contributed by atoms with E-state index in [2.05, 4.69) is 4.74 Å². The van der Waals surface area contributed by atoms with Crippen molar-refractivity contribution in [2.75, 3.05) is 33.8 Å². The Kier molecular flexibility index (Phi) is 5.01. The van der Waals surface area contributed by atoms with Crippen molar-refractivity contribution in [3.8, 4) is 0 Å². The highest BCUT2D eigenvalue weighted by Gasteiger charge is 2.23. The van der Waals surface area contributed by atoms with Gasteiger partial charge in [0.05, 0.1) is 19.7 Å². The predicted molar refractivity (Wildman–Crippen MR) is 76.9 cm³/mol. The quantitative estimate of drug-likeness (QED) is 0.773. The van der Waals surface area contributed by atoms with Crippen molar-refractivity contribution in [3.05, 3.63) is 23.7 Å². The molecule has 1 aromatic rings. The molecular formula is C15H22N2O4. The molecule has 1 unspecified atom stereocenters. The van der Waals surface area contributed by atoms with Crippen LogP contribution in [0.25, 0.3) is 0 Å². The lowest BCUT2D eigenvalue weighted by molar-refractivity contribution is -0.131. The predicted octanol–water partition coefficient (Wildman–Crippen LogP) is 1.68. The van der Waals surface area contributed by atoms with Crippen molar-refractivity contribution in [1.82, 2.24) is 9.80 Å². The summed E-state index contributed by atoms with van der Waals surface area (Å²) in [5.41, 5.74) is 0. The van der Waals surface area contributed by atoms with Crippen LogP contribution in [0.4, 0.5) is 0 Å². The van der Waals surface area contributed by atoms with Crippen LogP contribution in [0.3, 0.4) is 0 Å². The highest BCUT2D eigenvalue weighted by Crippen LogP contribution is 2.22. The summed E-state index contributed by atoms with van der Waals surface area (Å²) >= 11 is 0. The SMILES string of the molecule is COC(=O)c1ccc(C(C)N(C)CC(=O)N2CCCC2)o1. The molecule has 0 saturated carbocycles. The fourth-order valence-electron chi connectivity index (χ4n) is 2.42. The van der Waals surface area contributed by atoms with E-state index in [-0.39, 0.29) is 17.7 Å². The molecule has 1 aromatic heterocycles. The van der Waals surface area contributed by atoms with Gasteiger partial charge in [0.2, 0.25) is 11.7 Å². The van der Waals surface area contributed by atoms with Gasteiger partial charge in [-0.1, -0.05) is 0 Å². The zero-order chi connectivity index (χ0) is 15.4. The van der Waals surface area contributed by atoms with Gasteiger partial charge in [0.1, 0.15) is 5.76 Å². The number of amides is 1. The van der Waals surface area contributed by atoms with Crippen LogP contribution in [0.5, 0.6) is 0 Å². The van der Waals surface area contributed by atoms with Gasteiger partial charge < -0.3 is 14.1 Å². The summed E-state index contributed by atoms with van der Waals surface area (Å²) in [6, 6.07) is 3.25. The van der Waals surface area contributed by atoms with Crippen molar-refractivity contribution in [3.63, 3.8) is 0 Å². The maximum Gasteiger partial charge on any atom is 0.373 e. The molecule has 0 spiro atoms. The Bertz CT molecular complexity index is 506. The van der Waals surface area contributed by atoms with Crippen LogP contribution < -0.4 is 0 Å². The van der Waals surface area contributed by atoms with Crippen LogP contribution in [0.2, 0.25) is 0 Å². The van der Waals surface area contributed by atoms with E-state index in [9.17, 15) is 9.59 Å². The summed E-state index contributed by atoms with van der Waals surface area (Å²) in [5.74, 6) is 0.469. The highest BCUT2D eigenvalue weighted by molar-refractivity contribution is 5.86. The first-order chi connectivity index (χ1) is 10.0. The third-order valence-corrected chi connectivity index (χ3v) is 3.93. The molecule has 1 amide bonds. The molecule has 1 saturated heterocycles. The summed E-state index contributed by atoms with van der Waals surface area (Å²) in [4.78, 5) is 27.3.